The molecule has 0 aliphatic heterocycles. The molecule has 8 heteroatoms. The van der Waals surface area contributed by atoms with Crippen molar-refractivity contribution >= 4 is 22.6 Å². The van der Waals surface area contributed by atoms with Crippen molar-refractivity contribution in [3.63, 3.8) is 0 Å². The molecular weight excluding hydrogens is 638 g/mol. The fourth-order valence-corrected chi connectivity index (χ4v) is 5.33. The second-order valence-electron chi connectivity index (χ2n) is 10.9. The number of alkyl halides is 1. The average molecular weight is 693 g/mol. The Bertz CT molecular complexity index is 956. The van der Waals surface area contributed by atoms with Gasteiger partial charge in [-0.15, -0.1) is 0 Å². The van der Waals surface area contributed by atoms with Gasteiger partial charge in [0.05, 0.1) is 27.4 Å². The summed E-state index contributed by atoms with van der Waals surface area (Å²) in [5.41, 5.74) is 2.55. The van der Waals surface area contributed by atoms with E-state index in [2.05, 4.69) is 81.5 Å². The van der Waals surface area contributed by atoms with Gasteiger partial charge in [0.2, 0.25) is 0 Å². The summed E-state index contributed by atoms with van der Waals surface area (Å²) in [7, 11) is 6.74. The van der Waals surface area contributed by atoms with E-state index in [1.807, 2.05) is 12.1 Å². The van der Waals surface area contributed by atoms with Crippen molar-refractivity contribution in [2.75, 3.05) is 59.3 Å². The molecule has 0 heterocycles. The third kappa shape index (κ3) is 16.1. The van der Waals surface area contributed by atoms with Gasteiger partial charge in [0.25, 0.3) is 0 Å². The van der Waals surface area contributed by atoms with Crippen LogP contribution in [0.5, 0.6) is 23.0 Å². The quantitative estimate of drug-likeness (QED) is 0.0671. The van der Waals surface area contributed by atoms with Crippen LogP contribution >= 0.6 is 22.6 Å². The van der Waals surface area contributed by atoms with Crippen LogP contribution < -0.4 is 37.8 Å². The molecule has 0 aromatic heterocycles. The summed E-state index contributed by atoms with van der Waals surface area (Å²) in [5, 5.41) is 0. The molecule has 0 saturated carbocycles. The topological polar surface area (TPSA) is 55.4 Å². The Morgan fingerprint density at radius 1 is 0.643 bits per heavy atom. The van der Waals surface area contributed by atoms with Crippen LogP contribution in [0.15, 0.2) is 36.4 Å². The monoisotopic (exact) mass is 692 g/mol. The third-order valence-corrected chi connectivity index (χ3v) is 8.17. The summed E-state index contributed by atoms with van der Waals surface area (Å²) in [6, 6.07) is 12.4. The SMILES string of the molecule is COCCCOc1cc(C[C@@H](CI)C(C)C)ccc1OC.[CH2-][C@H](Cc1ccc(OC)c(OCCCOC)c1)C(C)C.[Li+]. The Morgan fingerprint density at radius 3 is 1.45 bits per heavy atom. The molecule has 42 heavy (non-hydrogen) atoms. The molecular formula is C34H54ILiO6. The van der Waals surface area contributed by atoms with Gasteiger partial charge in [0.1, 0.15) is 0 Å². The van der Waals surface area contributed by atoms with Gasteiger partial charge in [0.15, 0.2) is 23.0 Å². The van der Waals surface area contributed by atoms with Crippen molar-refractivity contribution in [1.29, 1.82) is 0 Å². The van der Waals surface area contributed by atoms with Crippen molar-refractivity contribution in [2.24, 2.45) is 23.7 Å². The molecule has 234 valence electrons. The summed E-state index contributed by atoms with van der Waals surface area (Å²) in [5.74, 6) is 5.57. The molecule has 2 aromatic rings. The zero-order chi connectivity index (χ0) is 30.6. The van der Waals surface area contributed by atoms with Crippen LogP contribution in [0.1, 0.15) is 51.7 Å². The molecule has 0 spiro atoms. The van der Waals surface area contributed by atoms with Gasteiger partial charge in [-0.05, 0) is 53.6 Å². The second-order valence-corrected chi connectivity index (χ2v) is 11.8. The molecule has 0 saturated heterocycles. The van der Waals surface area contributed by atoms with Crippen LogP contribution in [0.25, 0.3) is 0 Å². The van der Waals surface area contributed by atoms with E-state index < -0.39 is 0 Å². The number of methoxy groups -OCH3 is 4. The molecule has 2 atom stereocenters. The Balaban J connectivity index is 0.000000783. The van der Waals surface area contributed by atoms with Gasteiger partial charge < -0.3 is 35.3 Å². The van der Waals surface area contributed by atoms with Crippen LogP contribution in [-0.4, -0.2) is 59.3 Å². The van der Waals surface area contributed by atoms with Gasteiger partial charge in [-0.1, -0.05) is 74.8 Å². The van der Waals surface area contributed by atoms with E-state index in [1.165, 1.54) is 15.6 Å². The fourth-order valence-electron chi connectivity index (χ4n) is 4.00. The van der Waals surface area contributed by atoms with Crippen molar-refractivity contribution in [1.82, 2.24) is 0 Å². The first-order valence-electron chi connectivity index (χ1n) is 14.7. The van der Waals surface area contributed by atoms with E-state index in [-0.39, 0.29) is 18.9 Å². The number of ether oxygens (including phenoxy) is 6. The molecule has 0 unspecified atom stereocenters. The summed E-state index contributed by atoms with van der Waals surface area (Å²) >= 11 is 2.48. The van der Waals surface area contributed by atoms with E-state index in [4.69, 9.17) is 28.4 Å². The first-order valence-corrected chi connectivity index (χ1v) is 16.2. The standard InChI is InChI=1S/C17H27IO3.C17H27O3.Li/c1-13(2)15(12-18)10-14-6-7-16(20-4)17(11-14)21-9-5-8-19-3;1-13(2)14(3)11-15-7-8-16(19-5)17(12-15)20-10-6-9-18-4;/h6-7,11,13,15H,5,8-10,12H2,1-4H3;7-8,12-14H,3,6,9-11H2,1-2,4-5H3;/q;-1;+1/t15-;14-;/m01./s1. The van der Waals surface area contributed by atoms with Gasteiger partial charge in [-0.2, -0.15) is 5.92 Å². The Hall–Kier alpha value is -1.11. The van der Waals surface area contributed by atoms with Crippen LogP contribution in [0.4, 0.5) is 0 Å². The fraction of sp³-hybridized carbons (Fsp3) is 0.618. The summed E-state index contributed by atoms with van der Waals surface area (Å²) in [4.78, 5) is 0. The summed E-state index contributed by atoms with van der Waals surface area (Å²) < 4.78 is 33.6. The molecule has 0 N–H and O–H groups in total. The van der Waals surface area contributed by atoms with E-state index in [0.717, 1.165) is 48.7 Å². The molecule has 0 radical (unpaired) electrons. The minimum absolute atomic E-state index is 0. The molecule has 0 aliphatic rings. The molecule has 6 nitrogen and oxygen atoms in total. The van der Waals surface area contributed by atoms with Crippen LogP contribution in [0, 0.1) is 30.6 Å². The predicted molar refractivity (Wildman–Crippen MR) is 178 cm³/mol. The first-order chi connectivity index (χ1) is 19.7. The molecule has 0 fully saturated rings. The molecule has 0 amide bonds. The maximum atomic E-state index is 5.84. The van der Waals surface area contributed by atoms with Crippen LogP contribution in [-0.2, 0) is 22.3 Å². The van der Waals surface area contributed by atoms with Crippen LogP contribution in [0.3, 0.4) is 0 Å². The summed E-state index contributed by atoms with van der Waals surface area (Å²) in [6.07, 6.45) is 3.79. The predicted octanol–water partition coefficient (Wildman–Crippen LogP) is 5.12. The zero-order valence-electron chi connectivity index (χ0n) is 27.7. The summed E-state index contributed by atoms with van der Waals surface area (Å²) in [6.45, 7) is 15.9. The molecule has 0 aliphatic carbocycles. The number of hydrogen-bond acceptors (Lipinski definition) is 6. The number of rotatable bonds is 19. The molecule has 2 rings (SSSR count). The van der Waals surface area contributed by atoms with Crippen molar-refractivity contribution in [2.45, 2.75) is 53.4 Å². The van der Waals surface area contributed by atoms with E-state index >= 15 is 0 Å². The number of halogens is 1. The van der Waals surface area contributed by atoms with Crippen molar-refractivity contribution < 1.29 is 47.3 Å². The molecule has 2 aromatic carbocycles. The normalized spacial score (nSPS) is 12.2. The molecule has 0 bridgehead atoms. The Kier molecular flexibility index (Phi) is 23.6. The Labute approximate surface area is 282 Å². The van der Waals surface area contributed by atoms with Crippen LogP contribution in [0.2, 0.25) is 0 Å². The second kappa shape index (κ2) is 24.2. The van der Waals surface area contributed by atoms with Gasteiger partial charge in [0, 0.05) is 44.7 Å². The van der Waals surface area contributed by atoms with Gasteiger partial charge in [-0.3, -0.25) is 0 Å². The smallest absolute Gasteiger partial charge is 0.493 e. The van der Waals surface area contributed by atoms with Crippen molar-refractivity contribution in [3.05, 3.63) is 54.4 Å². The Morgan fingerprint density at radius 2 is 1.10 bits per heavy atom. The first kappa shape index (κ1) is 40.9. The minimum Gasteiger partial charge on any atom is -0.493 e. The number of benzene rings is 2. The maximum absolute atomic E-state index is 5.84. The largest absolute Gasteiger partial charge is 1.00 e. The minimum atomic E-state index is 0. The van der Waals surface area contributed by atoms with E-state index in [0.29, 0.717) is 50.1 Å². The average Bonchev–Trinajstić information content (AvgIpc) is 2.96. The van der Waals surface area contributed by atoms with E-state index in [9.17, 15) is 0 Å². The zero-order valence-corrected chi connectivity index (χ0v) is 29.8. The van der Waals surface area contributed by atoms with E-state index in [1.54, 1.807) is 28.4 Å². The van der Waals surface area contributed by atoms with Gasteiger partial charge in [-0.25, -0.2) is 0 Å². The maximum Gasteiger partial charge on any atom is 1.00 e. The third-order valence-electron chi connectivity index (χ3n) is 7.04. The van der Waals surface area contributed by atoms with Crippen molar-refractivity contribution in [3.8, 4) is 23.0 Å². The number of hydrogen-bond donors (Lipinski definition) is 0. The van der Waals surface area contributed by atoms with Gasteiger partial charge >= 0.3 is 18.9 Å².